The molecular formula is C8H6ClFNO2. The Bertz CT molecular complexity index is 293. The zero-order valence-electron chi connectivity index (χ0n) is 6.48. The predicted octanol–water partition coefficient (Wildman–Crippen LogP) is 2.66. The summed E-state index contributed by atoms with van der Waals surface area (Å²) in [6.45, 7) is 0. The number of amides is 1. The van der Waals surface area contributed by atoms with Gasteiger partial charge in [-0.05, 0) is 0 Å². The van der Waals surface area contributed by atoms with Gasteiger partial charge >= 0.3 is 6.09 Å². The first-order valence-electron chi connectivity index (χ1n) is 3.48. The molecular weight excluding hydrogens is 197 g/mol. The molecule has 1 atom stereocenters. The van der Waals surface area contributed by atoms with Gasteiger partial charge in [-0.2, -0.15) is 4.42 Å². The summed E-state index contributed by atoms with van der Waals surface area (Å²) in [5.74, 6) is 0. The van der Waals surface area contributed by atoms with Crippen molar-refractivity contribution in [1.82, 2.24) is 4.42 Å². The number of benzene rings is 1. The molecule has 0 spiro atoms. The SMILES string of the molecule is [O]C(=O)N(Cl)C(F)c1ccccc1. The molecule has 5 heteroatoms. The van der Waals surface area contributed by atoms with E-state index in [2.05, 4.69) is 0 Å². The largest absolute Gasteiger partial charge is 0.470 e. The third-order valence-electron chi connectivity index (χ3n) is 1.45. The Morgan fingerprint density at radius 3 is 2.38 bits per heavy atom. The van der Waals surface area contributed by atoms with Crippen LogP contribution in [0.4, 0.5) is 9.18 Å². The Hall–Kier alpha value is -1.29. The number of carbonyl (C=O) groups excluding carboxylic acids is 1. The molecule has 0 bridgehead atoms. The molecule has 1 unspecified atom stereocenters. The highest BCUT2D eigenvalue weighted by atomic mass is 35.5. The van der Waals surface area contributed by atoms with E-state index < -0.39 is 12.4 Å². The van der Waals surface area contributed by atoms with Crippen LogP contribution in [0.3, 0.4) is 0 Å². The van der Waals surface area contributed by atoms with E-state index in [1.807, 2.05) is 0 Å². The van der Waals surface area contributed by atoms with Crippen LogP contribution in [0.5, 0.6) is 0 Å². The van der Waals surface area contributed by atoms with Gasteiger partial charge in [0.2, 0.25) is 6.30 Å². The molecule has 0 N–H and O–H groups in total. The molecule has 1 aromatic rings. The van der Waals surface area contributed by atoms with Crippen molar-refractivity contribution in [3.8, 4) is 0 Å². The number of hydrogen-bond acceptors (Lipinski definition) is 1. The van der Waals surface area contributed by atoms with Gasteiger partial charge in [-0.1, -0.05) is 30.3 Å². The van der Waals surface area contributed by atoms with Gasteiger partial charge in [-0.15, -0.1) is 0 Å². The van der Waals surface area contributed by atoms with Crippen molar-refractivity contribution in [2.45, 2.75) is 6.30 Å². The highest BCUT2D eigenvalue weighted by Crippen LogP contribution is 2.23. The Labute approximate surface area is 79.5 Å². The molecule has 0 aromatic heterocycles. The zero-order valence-corrected chi connectivity index (χ0v) is 7.24. The summed E-state index contributed by atoms with van der Waals surface area (Å²) in [5, 5.41) is 10.2. The van der Waals surface area contributed by atoms with E-state index in [4.69, 9.17) is 11.8 Å². The Morgan fingerprint density at radius 1 is 1.38 bits per heavy atom. The van der Waals surface area contributed by atoms with Crippen LogP contribution < -0.4 is 0 Å². The van der Waals surface area contributed by atoms with E-state index in [-0.39, 0.29) is 9.98 Å². The first-order valence-corrected chi connectivity index (χ1v) is 3.81. The maximum Gasteiger partial charge on any atom is 0.470 e. The third kappa shape index (κ3) is 2.32. The normalized spacial score (nSPS) is 12.2. The van der Waals surface area contributed by atoms with Crippen molar-refractivity contribution in [3.05, 3.63) is 35.9 Å². The smallest absolute Gasteiger partial charge is 0.219 e. The fourth-order valence-electron chi connectivity index (χ4n) is 0.835. The first-order chi connectivity index (χ1) is 6.13. The summed E-state index contributed by atoms with van der Waals surface area (Å²) in [6.07, 6.45) is -3.66. The number of halogens is 2. The fourth-order valence-corrected chi connectivity index (χ4v) is 0.948. The van der Waals surface area contributed by atoms with Gasteiger partial charge in [0, 0.05) is 17.3 Å². The molecule has 1 rings (SSSR count). The monoisotopic (exact) mass is 202 g/mol. The lowest BCUT2D eigenvalue weighted by molar-refractivity contribution is 0.104. The highest BCUT2D eigenvalue weighted by molar-refractivity contribution is 6.20. The lowest BCUT2D eigenvalue weighted by Crippen LogP contribution is -2.20. The summed E-state index contributed by atoms with van der Waals surface area (Å²) in [6, 6.07) is 7.73. The zero-order chi connectivity index (χ0) is 9.84. The van der Waals surface area contributed by atoms with Crippen LogP contribution in [0.25, 0.3) is 0 Å². The van der Waals surface area contributed by atoms with Crippen molar-refractivity contribution in [1.29, 1.82) is 0 Å². The maximum absolute atomic E-state index is 13.2. The van der Waals surface area contributed by atoms with Crippen molar-refractivity contribution >= 4 is 17.9 Å². The molecule has 69 valence electrons. The molecule has 13 heavy (non-hydrogen) atoms. The fraction of sp³-hybridized carbons (Fsp3) is 0.125. The second-order valence-electron chi connectivity index (χ2n) is 2.32. The van der Waals surface area contributed by atoms with Crippen molar-refractivity contribution < 1.29 is 14.3 Å². The van der Waals surface area contributed by atoms with E-state index in [0.717, 1.165) is 0 Å². The molecule has 0 aliphatic carbocycles. The van der Waals surface area contributed by atoms with Crippen molar-refractivity contribution in [3.63, 3.8) is 0 Å². The topological polar surface area (TPSA) is 40.2 Å². The molecule has 0 heterocycles. The molecule has 3 nitrogen and oxygen atoms in total. The number of alkyl halides is 1. The van der Waals surface area contributed by atoms with E-state index in [9.17, 15) is 14.3 Å². The molecule has 0 fully saturated rings. The van der Waals surface area contributed by atoms with Gasteiger partial charge in [0.15, 0.2) is 0 Å². The second kappa shape index (κ2) is 4.09. The summed E-state index contributed by atoms with van der Waals surface area (Å²) in [4.78, 5) is 10.2. The average Bonchev–Trinajstić information content (AvgIpc) is 2.17. The van der Waals surface area contributed by atoms with Crippen LogP contribution in [0.1, 0.15) is 11.9 Å². The van der Waals surface area contributed by atoms with Crippen LogP contribution in [0, 0.1) is 0 Å². The Balaban J connectivity index is 2.79. The first kappa shape index (κ1) is 9.80. The van der Waals surface area contributed by atoms with E-state index in [1.54, 1.807) is 18.2 Å². The third-order valence-corrected chi connectivity index (χ3v) is 1.76. The van der Waals surface area contributed by atoms with Crippen LogP contribution in [0.2, 0.25) is 0 Å². The molecule has 1 radical (unpaired) electrons. The van der Waals surface area contributed by atoms with Gasteiger partial charge in [0.05, 0.1) is 0 Å². The lowest BCUT2D eigenvalue weighted by atomic mass is 10.2. The van der Waals surface area contributed by atoms with Crippen LogP contribution in [-0.2, 0) is 5.11 Å². The molecule has 0 saturated heterocycles. The van der Waals surface area contributed by atoms with Gasteiger partial charge in [0.1, 0.15) is 0 Å². The number of rotatable bonds is 2. The van der Waals surface area contributed by atoms with Crippen molar-refractivity contribution in [2.75, 3.05) is 0 Å². The van der Waals surface area contributed by atoms with E-state index >= 15 is 0 Å². The molecule has 0 saturated carbocycles. The van der Waals surface area contributed by atoms with Gasteiger partial charge < -0.3 is 0 Å². The van der Waals surface area contributed by atoms with Gasteiger partial charge in [0.25, 0.3) is 0 Å². The summed E-state index contributed by atoms with van der Waals surface area (Å²) < 4.78 is 13.1. The van der Waals surface area contributed by atoms with Crippen LogP contribution in [-0.4, -0.2) is 10.5 Å². The summed E-state index contributed by atoms with van der Waals surface area (Å²) in [5.41, 5.74) is 0.168. The Kier molecular flexibility index (Phi) is 3.08. The quantitative estimate of drug-likeness (QED) is 0.537. The van der Waals surface area contributed by atoms with E-state index in [0.29, 0.717) is 0 Å². The minimum Gasteiger partial charge on any atom is -0.219 e. The second-order valence-corrected chi connectivity index (χ2v) is 2.69. The maximum atomic E-state index is 13.2. The molecule has 0 aliphatic heterocycles. The van der Waals surface area contributed by atoms with E-state index in [1.165, 1.54) is 12.1 Å². The minimum absolute atomic E-state index is 0.0185. The Morgan fingerprint density at radius 2 is 1.92 bits per heavy atom. The molecule has 1 aromatic carbocycles. The standard InChI is InChI=1S/C8H6ClFNO2/c9-11(8(12)13)7(10)6-4-2-1-3-5-6/h1-5,7H. The summed E-state index contributed by atoms with van der Waals surface area (Å²) in [7, 11) is 0. The van der Waals surface area contributed by atoms with Gasteiger partial charge in [-0.3, -0.25) is 0 Å². The van der Waals surface area contributed by atoms with Gasteiger partial charge in [-0.25, -0.2) is 14.3 Å². The number of hydrogen-bond donors (Lipinski definition) is 0. The molecule has 0 aliphatic rings. The highest BCUT2D eigenvalue weighted by Gasteiger charge is 2.23. The lowest BCUT2D eigenvalue weighted by Gasteiger charge is -2.13. The minimum atomic E-state index is -1.90. The average molecular weight is 203 g/mol. The predicted molar refractivity (Wildman–Crippen MR) is 44.1 cm³/mol. The number of nitrogens with zero attached hydrogens (tertiary/aromatic N) is 1. The van der Waals surface area contributed by atoms with Crippen LogP contribution in [0.15, 0.2) is 30.3 Å². The van der Waals surface area contributed by atoms with Crippen molar-refractivity contribution in [2.24, 2.45) is 0 Å². The molecule has 1 amide bonds. The van der Waals surface area contributed by atoms with Crippen LogP contribution >= 0.6 is 11.8 Å². The number of carbonyl (C=O) groups is 1. The summed E-state index contributed by atoms with van der Waals surface area (Å²) >= 11 is 5.10.